The molecule has 0 aliphatic carbocycles. The minimum atomic E-state index is -3.85. The number of rotatable bonds is 10. The van der Waals surface area contributed by atoms with Crippen LogP contribution in [0.15, 0.2) is 46.2 Å². The molecule has 6 nitrogen and oxygen atoms in total. The van der Waals surface area contributed by atoms with Crippen molar-refractivity contribution in [2.24, 2.45) is 0 Å². The average molecular weight is 449 g/mol. The number of hydrogen-bond acceptors (Lipinski definition) is 6. The molecule has 9 heteroatoms. The maximum atomic E-state index is 12.9. The Labute approximate surface area is 174 Å². The highest BCUT2D eigenvalue weighted by Gasteiger charge is 2.22. The van der Waals surface area contributed by atoms with E-state index in [1.807, 2.05) is 0 Å². The zero-order valence-electron chi connectivity index (χ0n) is 15.3. The van der Waals surface area contributed by atoms with Crippen LogP contribution in [0.5, 0.6) is 11.5 Å². The van der Waals surface area contributed by atoms with E-state index in [9.17, 15) is 13.5 Å². The highest BCUT2D eigenvalue weighted by molar-refractivity contribution is 7.91. The normalized spacial score (nSPS) is 12.6. The molecular weight excluding hydrogens is 427 g/mol. The first-order valence-electron chi connectivity index (χ1n) is 8.68. The first-order valence-corrected chi connectivity index (χ1v) is 10.9. The summed E-state index contributed by atoms with van der Waals surface area (Å²) in [6.07, 6.45) is 0.821. The van der Waals surface area contributed by atoms with Crippen LogP contribution in [0.25, 0.3) is 0 Å². The average Bonchev–Trinajstić information content (AvgIpc) is 2.67. The minimum absolute atomic E-state index is 0.0178. The van der Waals surface area contributed by atoms with Crippen molar-refractivity contribution in [2.75, 3.05) is 19.8 Å². The first kappa shape index (κ1) is 22.8. The van der Waals surface area contributed by atoms with Gasteiger partial charge in [0.05, 0.1) is 33.0 Å². The number of aliphatic hydroxyl groups excluding tert-OH is 2. The van der Waals surface area contributed by atoms with Crippen LogP contribution in [0.4, 0.5) is 0 Å². The summed E-state index contributed by atoms with van der Waals surface area (Å²) in [6, 6.07) is 8.57. The van der Waals surface area contributed by atoms with Gasteiger partial charge in [-0.05, 0) is 42.8 Å². The van der Waals surface area contributed by atoms with Crippen molar-refractivity contribution in [3.63, 3.8) is 0 Å². The van der Waals surface area contributed by atoms with Gasteiger partial charge in [0.1, 0.15) is 18.5 Å². The second-order valence-corrected chi connectivity index (χ2v) is 8.80. The molecule has 0 fully saturated rings. The molecule has 1 atom stereocenters. The van der Waals surface area contributed by atoms with Crippen LogP contribution in [0.2, 0.25) is 10.0 Å². The number of halogens is 2. The van der Waals surface area contributed by atoms with Crippen molar-refractivity contribution in [3.8, 4) is 11.5 Å². The Morgan fingerprint density at radius 1 is 1.04 bits per heavy atom. The lowest BCUT2D eigenvalue weighted by molar-refractivity contribution is 0.0536. The highest BCUT2D eigenvalue weighted by atomic mass is 35.5. The lowest BCUT2D eigenvalue weighted by atomic mass is 10.3. The molecule has 0 aliphatic heterocycles. The van der Waals surface area contributed by atoms with Crippen LogP contribution in [0.3, 0.4) is 0 Å². The number of benzene rings is 2. The SMILES string of the molecule is CCCCOc1ccc(S(=O)(=O)c2cc(Cl)c(OC[C@H](O)CO)c(Cl)c2)cc1. The van der Waals surface area contributed by atoms with Gasteiger partial charge in [-0.1, -0.05) is 36.5 Å². The maximum absolute atomic E-state index is 12.9. The summed E-state index contributed by atoms with van der Waals surface area (Å²) in [5.74, 6) is 0.629. The van der Waals surface area contributed by atoms with Gasteiger partial charge >= 0.3 is 0 Å². The Hall–Kier alpha value is -1.51. The van der Waals surface area contributed by atoms with Gasteiger partial charge in [0.2, 0.25) is 9.84 Å². The molecule has 0 amide bonds. The molecule has 0 saturated carbocycles. The summed E-state index contributed by atoms with van der Waals surface area (Å²) in [6.45, 7) is 1.90. The molecule has 0 aromatic heterocycles. The van der Waals surface area contributed by atoms with E-state index >= 15 is 0 Å². The van der Waals surface area contributed by atoms with Gasteiger partial charge < -0.3 is 19.7 Å². The third kappa shape index (κ3) is 5.75. The summed E-state index contributed by atoms with van der Waals surface area (Å²) in [5.41, 5.74) is 0. The van der Waals surface area contributed by atoms with E-state index in [1.165, 1.54) is 24.3 Å². The molecule has 2 rings (SSSR count). The maximum Gasteiger partial charge on any atom is 0.206 e. The Morgan fingerprint density at radius 3 is 2.18 bits per heavy atom. The molecule has 2 N–H and O–H groups in total. The van der Waals surface area contributed by atoms with E-state index in [-0.39, 0.29) is 32.2 Å². The van der Waals surface area contributed by atoms with Gasteiger partial charge in [-0.3, -0.25) is 0 Å². The van der Waals surface area contributed by atoms with Gasteiger partial charge in [0.15, 0.2) is 5.75 Å². The molecule has 0 spiro atoms. The molecule has 2 aromatic rings. The summed E-state index contributed by atoms with van der Waals surface area (Å²) in [5, 5.41) is 18.1. The molecule has 0 aliphatic rings. The fourth-order valence-corrected chi connectivity index (χ4v) is 4.29. The predicted molar refractivity (Wildman–Crippen MR) is 107 cm³/mol. The van der Waals surface area contributed by atoms with Crippen molar-refractivity contribution < 1.29 is 28.1 Å². The van der Waals surface area contributed by atoms with E-state index in [0.717, 1.165) is 12.8 Å². The van der Waals surface area contributed by atoms with E-state index in [4.69, 9.17) is 37.8 Å². The fraction of sp³-hybridized carbons (Fsp3) is 0.368. The van der Waals surface area contributed by atoms with Gasteiger partial charge in [0, 0.05) is 0 Å². The Kier molecular flexibility index (Phi) is 8.39. The molecule has 154 valence electrons. The summed E-state index contributed by atoms with van der Waals surface area (Å²) < 4.78 is 36.5. The van der Waals surface area contributed by atoms with Crippen LogP contribution in [-0.2, 0) is 9.84 Å². The van der Waals surface area contributed by atoms with Crippen molar-refractivity contribution in [2.45, 2.75) is 35.7 Å². The van der Waals surface area contributed by atoms with E-state index < -0.39 is 22.5 Å². The summed E-state index contributed by atoms with van der Waals surface area (Å²) in [7, 11) is -3.85. The molecule has 0 saturated heterocycles. The van der Waals surface area contributed by atoms with Gasteiger partial charge in [-0.25, -0.2) is 8.42 Å². The number of ether oxygens (including phenoxy) is 2. The van der Waals surface area contributed by atoms with E-state index in [2.05, 4.69) is 6.92 Å². The standard InChI is InChI=1S/C19H22Cl2O6S/c1-2-3-8-26-14-4-6-15(7-5-14)28(24,25)16-9-17(20)19(18(21)10-16)27-12-13(23)11-22/h4-7,9-10,13,22-23H,2-3,8,11-12H2,1H3/t13-/m1/s1. The Balaban J connectivity index is 2.23. The third-order valence-electron chi connectivity index (χ3n) is 3.81. The highest BCUT2D eigenvalue weighted by Crippen LogP contribution is 2.37. The van der Waals surface area contributed by atoms with Crippen molar-refractivity contribution in [1.82, 2.24) is 0 Å². The van der Waals surface area contributed by atoms with Crippen LogP contribution in [0.1, 0.15) is 19.8 Å². The largest absolute Gasteiger partial charge is 0.494 e. The predicted octanol–water partition coefficient (Wildman–Crippen LogP) is 3.74. The third-order valence-corrected chi connectivity index (χ3v) is 6.12. The second-order valence-electron chi connectivity index (χ2n) is 6.04. The number of aliphatic hydroxyl groups is 2. The number of hydrogen-bond donors (Lipinski definition) is 2. The van der Waals surface area contributed by atoms with Crippen molar-refractivity contribution in [1.29, 1.82) is 0 Å². The quantitative estimate of drug-likeness (QED) is 0.537. The number of unbranched alkanes of at least 4 members (excludes halogenated alkanes) is 1. The monoisotopic (exact) mass is 448 g/mol. The smallest absolute Gasteiger partial charge is 0.206 e. The summed E-state index contributed by atoms with van der Waals surface area (Å²) >= 11 is 12.2. The second kappa shape index (κ2) is 10.3. The zero-order chi connectivity index (χ0) is 20.7. The van der Waals surface area contributed by atoms with E-state index in [0.29, 0.717) is 12.4 Å². The van der Waals surface area contributed by atoms with E-state index in [1.54, 1.807) is 12.1 Å². The lowest BCUT2D eigenvalue weighted by Crippen LogP contribution is -2.21. The molecule has 0 unspecified atom stereocenters. The van der Waals surface area contributed by atoms with Crippen LogP contribution >= 0.6 is 23.2 Å². The van der Waals surface area contributed by atoms with Gasteiger partial charge in [-0.2, -0.15) is 0 Å². The van der Waals surface area contributed by atoms with Gasteiger partial charge in [-0.15, -0.1) is 0 Å². The van der Waals surface area contributed by atoms with Crippen molar-refractivity contribution >= 4 is 33.0 Å². The molecule has 28 heavy (non-hydrogen) atoms. The zero-order valence-corrected chi connectivity index (χ0v) is 17.6. The van der Waals surface area contributed by atoms with Crippen molar-refractivity contribution in [3.05, 3.63) is 46.4 Å². The lowest BCUT2D eigenvalue weighted by Gasteiger charge is -2.14. The number of sulfone groups is 1. The molecule has 0 heterocycles. The Morgan fingerprint density at radius 2 is 1.64 bits per heavy atom. The van der Waals surface area contributed by atoms with Gasteiger partial charge in [0.25, 0.3) is 0 Å². The fourth-order valence-electron chi connectivity index (χ4n) is 2.25. The van der Waals surface area contributed by atoms with Crippen LogP contribution in [0, 0.1) is 0 Å². The van der Waals surface area contributed by atoms with Crippen LogP contribution < -0.4 is 9.47 Å². The van der Waals surface area contributed by atoms with Crippen LogP contribution in [-0.4, -0.2) is 44.6 Å². The summed E-state index contributed by atoms with van der Waals surface area (Å²) in [4.78, 5) is -0.0101. The minimum Gasteiger partial charge on any atom is -0.494 e. The molecule has 0 bridgehead atoms. The molecule has 2 aromatic carbocycles. The molecular formula is C19H22Cl2O6S. The Bertz CT molecular complexity index is 861. The topological polar surface area (TPSA) is 93.1 Å². The molecule has 0 radical (unpaired) electrons. The first-order chi connectivity index (χ1) is 13.3.